The molecule has 0 unspecified atom stereocenters. The summed E-state index contributed by atoms with van der Waals surface area (Å²) in [6.07, 6.45) is 0. The second kappa shape index (κ2) is 3.81. The van der Waals surface area contributed by atoms with Crippen molar-refractivity contribution in [3.05, 3.63) is 29.6 Å². The molecule has 2 nitrogen and oxygen atoms in total. The molecule has 1 aliphatic heterocycles. The Kier molecular flexibility index (Phi) is 2.65. The molecule has 1 aromatic carbocycles. The van der Waals surface area contributed by atoms with Gasteiger partial charge in [0.2, 0.25) is 0 Å². The van der Waals surface area contributed by atoms with Crippen molar-refractivity contribution in [2.45, 2.75) is 13.8 Å². The number of ether oxygens (including phenoxy) is 1. The Morgan fingerprint density at radius 1 is 1.47 bits per heavy atom. The van der Waals surface area contributed by atoms with Crippen molar-refractivity contribution in [2.75, 3.05) is 25.1 Å². The number of benzene rings is 1. The third-order valence-electron chi connectivity index (χ3n) is 2.79. The van der Waals surface area contributed by atoms with Crippen LogP contribution in [-0.2, 0) is 4.74 Å². The second-order valence-electron chi connectivity index (χ2n) is 4.62. The van der Waals surface area contributed by atoms with Gasteiger partial charge in [-0.2, -0.15) is 0 Å². The van der Waals surface area contributed by atoms with Crippen LogP contribution >= 0.6 is 0 Å². The molecule has 1 aromatic rings. The summed E-state index contributed by atoms with van der Waals surface area (Å²) in [5.74, 6) is -0.157. The number of hydrogen-bond acceptors (Lipinski definition) is 2. The Balaban J connectivity index is 1.96. The number of rotatable bonds is 3. The molecule has 15 heavy (non-hydrogen) atoms. The molecule has 0 amide bonds. The Morgan fingerprint density at radius 3 is 2.73 bits per heavy atom. The summed E-state index contributed by atoms with van der Waals surface area (Å²) in [5.41, 5.74) is 1.73. The summed E-state index contributed by atoms with van der Waals surface area (Å²) in [4.78, 5) is 0. The van der Waals surface area contributed by atoms with Gasteiger partial charge in [0, 0.05) is 17.6 Å². The van der Waals surface area contributed by atoms with Crippen molar-refractivity contribution < 1.29 is 9.13 Å². The van der Waals surface area contributed by atoms with Gasteiger partial charge in [0.05, 0.1) is 13.2 Å². The number of anilines is 1. The molecule has 0 bridgehead atoms. The molecule has 2 rings (SSSR count). The van der Waals surface area contributed by atoms with Crippen molar-refractivity contribution in [3.8, 4) is 0 Å². The van der Waals surface area contributed by atoms with Crippen LogP contribution in [0.2, 0.25) is 0 Å². The van der Waals surface area contributed by atoms with E-state index in [1.165, 1.54) is 6.07 Å². The maximum Gasteiger partial charge on any atom is 0.128 e. The quantitative estimate of drug-likeness (QED) is 0.826. The molecule has 1 fully saturated rings. The van der Waals surface area contributed by atoms with E-state index in [4.69, 9.17) is 4.74 Å². The molecule has 1 heterocycles. The first-order valence-electron chi connectivity index (χ1n) is 5.17. The smallest absolute Gasteiger partial charge is 0.128 e. The normalized spacial score (nSPS) is 18.3. The minimum absolute atomic E-state index is 0.157. The van der Waals surface area contributed by atoms with E-state index in [0.29, 0.717) is 5.56 Å². The van der Waals surface area contributed by atoms with Gasteiger partial charge in [-0.1, -0.05) is 13.0 Å². The number of nitrogens with one attached hydrogen (secondary N) is 1. The number of hydrogen-bond donors (Lipinski definition) is 1. The van der Waals surface area contributed by atoms with E-state index in [0.717, 1.165) is 25.4 Å². The van der Waals surface area contributed by atoms with Crippen molar-refractivity contribution >= 4 is 5.69 Å². The lowest BCUT2D eigenvalue weighted by Gasteiger charge is -2.38. The largest absolute Gasteiger partial charge is 0.384 e. The highest BCUT2D eigenvalue weighted by molar-refractivity contribution is 5.45. The van der Waals surface area contributed by atoms with Crippen LogP contribution in [0.15, 0.2) is 18.2 Å². The molecule has 1 saturated heterocycles. The topological polar surface area (TPSA) is 21.3 Å². The van der Waals surface area contributed by atoms with Crippen LogP contribution in [0.1, 0.15) is 12.5 Å². The van der Waals surface area contributed by atoms with Gasteiger partial charge in [0.1, 0.15) is 5.82 Å². The van der Waals surface area contributed by atoms with Gasteiger partial charge < -0.3 is 10.1 Å². The monoisotopic (exact) mass is 209 g/mol. The molecule has 0 saturated carbocycles. The van der Waals surface area contributed by atoms with Gasteiger partial charge in [-0.05, 0) is 24.6 Å². The lowest BCUT2D eigenvalue weighted by Crippen LogP contribution is -2.45. The van der Waals surface area contributed by atoms with Crippen LogP contribution in [0.4, 0.5) is 10.1 Å². The Labute approximate surface area is 89.4 Å². The third-order valence-corrected chi connectivity index (χ3v) is 2.79. The van der Waals surface area contributed by atoms with Crippen molar-refractivity contribution in [2.24, 2.45) is 5.41 Å². The van der Waals surface area contributed by atoms with Crippen molar-refractivity contribution in [1.82, 2.24) is 0 Å². The lowest BCUT2D eigenvalue weighted by molar-refractivity contribution is -0.0924. The molecule has 0 spiro atoms. The molecule has 1 N–H and O–H groups in total. The number of halogens is 1. The van der Waals surface area contributed by atoms with E-state index in [-0.39, 0.29) is 11.2 Å². The van der Waals surface area contributed by atoms with Gasteiger partial charge in [-0.25, -0.2) is 4.39 Å². The Morgan fingerprint density at radius 2 is 2.20 bits per heavy atom. The van der Waals surface area contributed by atoms with E-state index in [9.17, 15) is 4.39 Å². The first kappa shape index (κ1) is 10.4. The van der Waals surface area contributed by atoms with E-state index in [2.05, 4.69) is 12.2 Å². The molecule has 0 radical (unpaired) electrons. The van der Waals surface area contributed by atoms with Crippen LogP contribution < -0.4 is 5.32 Å². The first-order valence-corrected chi connectivity index (χ1v) is 5.17. The van der Waals surface area contributed by atoms with Crippen LogP contribution in [0.5, 0.6) is 0 Å². The summed E-state index contributed by atoms with van der Waals surface area (Å²) in [7, 11) is 0. The van der Waals surface area contributed by atoms with E-state index in [1.807, 2.05) is 6.07 Å². The van der Waals surface area contributed by atoms with E-state index >= 15 is 0 Å². The summed E-state index contributed by atoms with van der Waals surface area (Å²) < 4.78 is 18.4. The molecule has 0 aromatic heterocycles. The van der Waals surface area contributed by atoms with Gasteiger partial charge in [0.15, 0.2) is 0 Å². The SMILES string of the molecule is Cc1ccc(NCC2(C)COC2)cc1F. The molecule has 0 aliphatic carbocycles. The highest BCUT2D eigenvalue weighted by atomic mass is 19.1. The minimum atomic E-state index is -0.157. The molecule has 1 aliphatic rings. The fourth-order valence-corrected chi connectivity index (χ4v) is 1.57. The molecule has 3 heteroatoms. The van der Waals surface area contributed by atoms with Gasteiger partial charge in [-0.3, -0.25) is 0 Å². The predicted octanol–water partition coefficient (Wildman–Crippen LogP) is 2.58. The molecule has 0 atom stereocenters. The van der Waals surface area contributed by atoms with E-state index in [1.54, 1.807) is 13.0 Å². The molecule has 82 valence electrons. The second-order valence-corrected chi connectivity index (χ2v) is 4.62. The molecular formula is C12H16FNO. The fourth-order valence-electron chi connectivity index (χ4n) is 1.57. The van der Waals surface area contributed by atoms with Crippen LogP contribution in [-0.4, -0.2) is 19.8 Å². The zero-order valence-corrected chi connectivity index (χ0v) is 9.14. The Hall–Kier alpha value is -1.09. The standard InChI is InChI=1S/C12H16FNO/c1-9-3-4-10(5-11(9)13)14-6-12(2)7-15-8-12/h3-5,14H,6-8H2,1-2H3. The average Bonchev–Trinajstić information content (AvgIpc) is 2.17. The van der Waals surface area contributed by atoms with Crippen LogP contribution in [0, 0.1) is 18.2 Å². The summed E-state index contributed by atoms with van der Waals surface area (Å²) >= 11 is 0. The maximum atomic E-state index is 13.2. The minimum Gasteiger partial charge on any atom is -0.384 e. The van der Waals surface area contributed by atoms with Gasteiger partial charge in [-0.15, -0.1) is 0 Å². The van der Waals surface area contributed by atoms with E-state index < -0.39 is 0 Å². The van der Waals surface area contributed by atoms with Crippen LogP contribution in [0.25, 0.3) is 0 Å². The lowest BCUT2D eigenvalue weighted by atomic mass is 9.88. The summed E-state index contributed by atoms with van der Waals surface area (Å²) in [6.45, 7) is 6.33. The Bertz CT molecular complexity index is 361. The van der Waals surface area contributed by atoms with Crippen molar-refractivity contribution in [1.29, 1.82) is 0 Å². The van der Waals surface area contributed by atoms with Crippen LogP contribution in [0.3, 0.4) is 0 Å². The fraction of sp³-hybridized carbons (Fsp3) is 0.500. The number of aryl methyl sites for hydroxylation is 1. The maximum absolute atomic E-state index is 13.2. The molecular weight excluding hydrogens is 193 g/mol. The van der Waals surface area contributed by atoms with Crippen molar-refractivity contribution in [3.63, 3.8) is 0 Å². The average molecular weight is 209 g/mol. The first-order chi connectivity index (χ1) is 7.09. The summed E-state index contributed by atoms with van der Waals surface area (Å²) in [5, 5.41) is 3.24. The zero-order chi connectivity index (χ0) is 10.9. The summed E-state index contributed by atoms with van der Waals surface area (Å²) in [6, 6.07) is 5.23. The van der Waals surface area contributed by atoms with Gasteiger partial charge in [0.25, 0.3) is 0 Å². The predicted molar refractivity (Wildman–Crippen MR) is 58.6 cm³/mol. The third kappa shape index (κ3) is 2.29. The highest BCUT2D eigenvalue weighted by Gasteiger charge is 2.32. The zero-order valence-electron chi connectivity index (χ0n) is 9.14. The highest BCUT2D eigenvalue weighted by Crippen LogP contribution is 2.27. The van der Waals surface area contributed by atoms with Gasteiger partial charge >= 0.3 is 0 Å².